The number of ether oxygens (including phenoxy) is 3. The summed E-state index contributed by atoms with van der Waals surface area (Å²) in [6.45, 7) is 5.42. The zero-order chi connectivity index (χ0) is 51.1. The molecule has 1 aliphatic heterocycles. The summed E-state index contributed by atoms with van der Waals surface area (Å²) in [4.78, 5) is 26.4. The molecule has 1 fully saturated rings. The summed E-state index contributed by atoms with van der Waals surface area (Å²) >= 11 is 0. The van der Waals surface area contributed by atoms with Crippen molar-refractivity contribution in [3.05, 3.63) is 122 Å². The maximum Gasteiger partial charge on any atom is 0.306 e. The fourth-order valence-corrected chi connectivity index (χ4v) is 7.56. The summed E-state index contributed by atoms with van der Waals surface area (Å²) < 4.78 is 17.5. The van der Waals surface area contributed by atoms with Gasteiger partial charge in [0.05, 0.1) is 25.4 Å². The first-order valence-corrected chi connectivity index (χ1v) is 26.9. The summed E-state index contributed by atoms with van der Waals surface area (Å²) in [6.07, 6.45) is 52.4. The zero-order valence-corrected chi connectivity index (χ0v) is 43.3. The SMILES string of the molecule is CC/C=C/C=C/C=C\C=C/C=C/CCCCC(O)C(=O)NC(COC1OC(CO)C(O)C(O)C1OC(=O)CCCCCCC\C=C/C=C/C=C/C=C/CC)C(O)/C=C/CCCCCCCCCCCC. The van der Waals surface area contributed by atoms with Crippen LogP contribution in [-0.2, 0) is 23.8 Å². The third kappa shape index (κ3) is 34.4. The monoisotopic (exact) mass is 978 g/mol. The van der Waals surface area contributed by atoms with E-state index >= 15 is 0 Å². The Morgan fingerprint density at radius 3 is 1.54 bits per heavy atom. The number of carbonyl (C=O) groups is 2. The van der Waals surface area contributed by atoms with E-state index in [1.807, 2.05) is 97.2 Å². The van der Waals surface area contributed by atoms with Crippen LogP contribution in [0.3, 0.4) is 0 Å². The van der Waals surface area contributed by atoms with Gasteiger partial charge in [0.1, 0.15) is 24.4 Å². The molecule has 70 heavy (non-hydrogen) atoms. The lowest BCUT2D eigenvalue weighted by molar-refractivity contribution is -0.305. The van der Waals surface area contributed by atoms with E-state index in [1.54, 1.807) is 6.08 Å². The first kappa shape index (κ1) is 64.1. The summed E-state index contributed by atoms with van der Waals surface area (Å²) in [5, 5.41) is 56.6. The first-order chi connectivity index (χ1) is 34.2. The lowest BCUT2D eigenvalue weighted by atomic mass is 9.99. The van der Waals surface area contributed by atoms with Crippen molar-refractivity contribution >= 4 is 11.9 Å². The molecule has 11 nitrogen and oxygen atoms in total. The Morgan fingerprint density at radius 2 is 1.03 bits per heavy atom. The molecule has 0 aromatic heterocycles. The lowest BCUT2D eigenvalue weighted by Gasteiger charge is -2.41. The molecule has 11 heteroatoms. The van der Waals surface area contributed by atoms with Crippen molar-refractivity contribution in [3.63, 3.8) is 0 Å². The minimum absolute atomic E-state index is 0.0841. The summed E-state index contributed by atoms with van der Waals surface area (Å²) in [5.41, 5.74) is 0. The third-order valence-electron chi connectivity index (χ3n) is 11.8. The van der Waals surface area contributed by atoms with Crippen molar-refractivity contribution in [3.8, 4) is 0 Å². The molecule has 396 valence electrons. The number of esters is 1. The standard InChI is InChI=1S/C59H95NO10/c1-4-7-10-13-16-19-22-25-27-29-32-35-38-41-44-47-54(64)70-57-56(66)55(65)53(48-61)69-59(57)68-49-50(51(62)45-42-39-36-33-30-24-21-18-15-12-9-6-3)60-58(67)52(63)46-43-40-37-34-31-28-26-23-20-17-14-11-8-5-2/h7-8,10-11,13-14,16-17,19-20,22-23,25-28,31,34,42,45,50-53,55-57,59,61-63,65-66H,4-6,9,12,15,18,21,24,29-30,32-33,35-41,43-44,46-49H2,1-3H3,(H,60,67)/b10-7+,11-8+,16-13+,17-14+,22-19+,23-20-,27-25-,28-26-,34-31+,45-42+. The molecule has 1 amide bonds. The van der Waals surface area contributed by atoms with E-state index in [4.69, 9.17) is 14.2 Å². The van der Waals surface area contributed by atoms with Crippen LogP contribution in [0.25, 0.3) is 0 Å². The molecule has 8 atom stereocenters. The Balaban J connectivity index is 2.83. The fourth-order valence-electron chi connectivity index (χ4n) is 7.56. The number of carbonyl (C=O) groups excluding carboxylic acids is 2. The highest BCUT2D eigenvalue weighted by Gasteiger charge is 2.47. The summed E-state index contributed by atoms with van der Waals surface area (Å²) in [6, 6.07) is -1.06. The smallest absolute Gasteiger partial charge is 0.306 e. The molecule has 0 aliphatic carbocycles. The Hall–Kier alpha value is -3.94. The van der Waals surface area contributed by atoms with Gasteiger partial charge in [0.2, 0.25) is 5.91 Å². The minimum atomic E-state index is -1.64. The number of unbranched alkanes of at least 4 members (excludes halogenated alkanes) is 17. The van der Waals surface area contributed by atoms with Gasteiger partial charge in [0.15, 0.2) is 12.4 Å². The molecule has 1 saturated heterocycles. The topological polar surface area (TPSA) is 175 Å². The highest BCUT2D eigenvalue weighted by molar-refractivity contribution is 5.80. The van der Waals surface area contributed by atoms with Crippen molar-refractivity contribution in [2.75, 3.05) is 13.2 Å². The van der Waals surface area contributed by atoms with Crippen LogP contribution in [0, 0.1) is 0 Å². The number of allylic oxidation sites excluding steroid dienone is 19. The highest BCUT2D eigenvalue weighted by Crippen LogP contribution is 2.26. The number of amides is 1. The van der Waals surface area contributed by atoms with Gasteiger partial charge < -0.3 is 45.1 Å². The van der Waals surface area contributed by atoms with E-state index in [2.05, 4.69) is 44.3 Å². The number of aliphatic hydroxyl groups excluding tert-OH is 5. The Labute approximate surface area is 423 Å². The average molecular weight is 978 g/mol. The van der Waals surface area contributed by atoms with Crippen molar-refractivity contribution in [1.29, 1.82) is 0 Å². The molecule has 0 radical (unpaired) electrons. The normalized spacial score (nSPS) is 20.7. The van der Waals surface area contributed by atoms with Crippen LogP contribution in [0.15, 0.2) is 122 Å². The van der Waals surface area contributed by atoms with Crippen molar-refractivity contribution in [2.24, 2.45) is 0 Å². The average Bonchev–Trinajstić information content (AvgIpc) is 3.36. The second-order valence-electron chi connectivity index (χ2n) is 18.1. The molecule has 6 N–H and O–H groups in total. The van der Waals surface area contributed by atoms with Crippen LogP contribution in [-0.4, -0.2) is 99.6 Å². The Bertz CT molecular complexity index is 1590. The van der Waals surface area contributed by atoms with Crippen LogP contribution < -0.4 is 5.32 Å². The zero-order valence-electron chi connectivity index (χ0n) is 43.3. The summed E-state index contributed by atoms with van der Waals surface area (Å²) in [7, 11) is 0. The second-order valence-corrected chi connectivity index (χ2v) is 18.1. The van der Waals surface area contributed by atoms with Gasteiger partial charge in [-0.1, -0.05) is 226 Å². The number of hydrogen-bond donors (Lipinski definition) is 6. The molecule has 0 saturated carbocycles. The lowest BCUT2D eigenvalue weighted by Crippen LogP contribution is -2.61. The van der Waals surface area contributed by atoms with Crippen LogP contribution in [0.4, 0.5) is 0 Å². The van der Waals surface area contributed by atoms with E-state index in [-0.39, 0.29) is 19.4 Å². The summed E-state index contributed by atoms with van der Waals surface area (Å²) in [5.74, 6) is -1.28. The second kappa shape index (κ2) is 46.2. The third-order valence-corrected chi connectivity index (χ3v) is 11.8. The van der Waals surface area contributed by atoms with E-state index in [1.165, 1.54) is 44.9 Å². The van der Waals surface area contributed by atoms with Gasteiger partial charge in [0, 0.05) is 6.42 Å². The van der Waals surface area contributed by atoms with Crippen LogP contribution in [0.2, 0.25) is 0 Å². The van der Waals surface area contributed by atoms with Gasteiger partial charge in [0.25, 0.3) is 0 Å². The molecule has 1 heterocycles. The predicted molar refractivity (Wildman–Crippen MR) is 287 cm³/mol. The highest BCUT2D eigenvalue weighted by atomic mass is 16.7. The van der Waals surface area contributed by atoms with E-state index in [0.29, 0.717) is 12.8 Å². The molecular formula is C59H95NO10. The van der Waals surface area contributed by atoms with Crippen molar-refractivity contribution in [1.82, 2.24) is 5.32 Å². The van der Waals surface area contributed by atoms with Gasteiger partial charge >= 0.3 is 5.97 Å². The van der Waals surface area contributed by atoms with Gasteiger partial charge in [-0.2, -0.15) is 0 Å². The Kier molecular flexibility index (Phi) is 42.2. The van der Waals surface area contributed by atoms with E-state index in [0.717, 1.165) is 83.5 Å². The van der Waals surface area contributed by atoms with Crippen molar-refractivity contribution in [2.45, 2.75) is 224 Å². The van der Waals surface area contributed by atoms with Gasteiger partial charge in [-0.05, 0) is 64.2 Å². The van der Waals surface area contributed by atoms with Crippen LogP contribution in [0.5, 0.6) is 0 Å². The van der Waals surface area contributed by atoms with Gasteiger partial charge in [-0.25, -0.2) is 0 Å². The first-order valence-electron chi connectivity index (χ1n) is 26.9. The van der Waals surface area contributed by atoms with Gasteiger partial charge in [-0.15, -0.1) is 0 Å². The molecule has 0 spiro atoms. The largest absolute Gasteiger partial charge is 0.454 e. The number of aliphatic hydroxyl groups is 5. The maximum atomic E-state index is 13.3. The molecular weight excluding hydrogens is 883 g/mol. The molecule has 0 aromatic carbocycles. The predicted octanol–water partition coefficient (Wildman–Crippen LogP) is 11.5. The van der Waals surface area contributed by atoms with E-state index in [9.17, 15) is 35.1 Å². The number of rotatable bonds is 42. The molecule has 8 unspecified atom stereocenters. The van der Waals surface area contributed by atoms with Crippen LogP contribution in [0.1, 0.15) is 175 Å². The van der Waals surface area contributed by atoms with Crippen LogP contribution >= 0.6 is 0 Å². The molecule has 1 aliphatic rings. The quantitative estimate of drug-likeness (QED) is 0.0149. The fraction of sp³-hybridized carbons (Fsp3) is 0.627. The number of hydrogen-bond acceptors (Lipinski definition) is 10. The van der Waals surface area contributed by atoms with Gasteiger partial charge in [-0.3, -0.25) is 9.59 Å². The Morgan fingerprint density at radius 1 is 0.571 bits per heavy atom. The molecule has 1 rings (SSSR count). The minimum Gasteiger partial charge on any atom is -0.454 e. The molecule has 0 bridgehead atoms. The number of nitrogens with one attached hydrogen (secondary N) is 1. The molecule has 0 aromatic rings. The van der Waals surface area contributed by atoms with E-state index < -0.39 is 67.4 Å². The maximum absolute atomic E-state index is 13.3. The van der Waals surface area contributed by atoms with Crippen molar-refractivity contribution < 1.29 is 49.3 Å².